The van der Waals surface area contributed by atoms with Crippen molar-refractivity contribution in [2.24, 2.45) is 5.92 Å². The largest absolute Gasteiger partial charge is 0.496 e. The lowest BCUT2D eigenvalue weighted by Gasteiger charge is -2.30. The van der Waals surface area contributed by atoms with Crippen LogP contribution in [-0.2, 0) is 22.4 Å². The third kappa shape index (κ3) is 2.73. The Hall–Kier alpha value is -1.55. The van der Waals surface area contributed by atoms with Crippen LogP contribution in [0.1, 0.15) is 17.5 Å². The second-order valence-electron chi connectivity index (χ2n) is 4.87. The van der Waals surface area contributed by atoms with Crippen LogP contribution in [0.5, 0.6) is 5.75 Å². The fraction of sp³-hybridized carbons (Fsp3) is 0.533. The van der Waals surface area contributed by atoms with Crippen LogP contribution in [-0.4, -0.2) is 33.3 Å². The molecule has 0 aromatic heterocycles. The Morgan fingerprint density at radius 1 is 1.42 bits per heavy atom. The summed E-state index contributed by atoms with van der Waals surface area (Å²) in [5.74, 6) is 1.13. The van der Waals surface area contributed by atoms with Crippen LogP contribution in [0.15, 0.2) is 18.2 Å². The van der Waals surface area contributed by atoms with Crippen LogP contribution >= 0.6 is 0 Å². The number of nitrogens with one attached hydrogen (secondary N) is 1. The lowest BCUT2D eigenvalue weighted by Crippen LogP contribution is -2.41. The van der Waals surface area contributed by atoms with E-state index in [1.165, 1.54) is 11.1 Å². The van der Waals surface area contributed by atoms with Crippen LogP contribution < -0.4 is 10.1 Å². The maximum Gasteiger partial charge on any atom is 0.249 e. The second kappa shape index (κ2) is 6.06. The van der Waals surface area contributed by atoms with Gasteiger partial charge in [0.1, 0.15) is 11.9 Å². The van der Waals surface area contributed by atoms with Gasteiger partial charge in [-0.05, 0) is 42.4 Å². The molecule has 104 valence electrons. The Bertz CT molecular complexity index is 459. The average molecular weight is 263 g/mol. The highest BCUT2D eigenvalue weighted by Gasteiger charge is 2.31. The standard InChI is InChI=1S/C15H21NO3/c1-16-15(17)14(19-3)11-7-8-12-10(9-11)5-4-6-13(12)18-2/h4-6,11,14H,7-9H2,1-3H3,(H,16,17). The number of methoxy groups -OCH3 is 2. The number of ether oxygens (including phenoxy) is 2. The lowest BCUT2D eigenvalue weighted by atomic mass is 9.80. The Morgan fingerprint density at radius 2 is 2.21 bits per heavy atom. The Kier molecular flexibility index (Phi) is 4.43. The molecule has 4 nitrogen and oxygen atoms in total. The van der Waals surface area contributed by atoms with E-state index in [2.05, 4.69) is 11.4 Å². The monoisotopic (exact) mass is 263 g/mol. The molecule has 1 aliphatic carbocycles. The number of hydrogen-bond donors (Lipinski definition) is 1. The summed E-state index contributed by atoms with van der Waals surface area (Å²) in [6, 6.07) is 6.11. The van der Waals surface area contributed by atoms with Gasteiger partial charge in [0.2, 0.25) is 5.91 Å². The minimum absolute atomic E-state index is 0.0427. The van der Waals surface area contributed by atoms with Gasteiger partial charge in [-0.3, -0.25) is 4.79 Å². The molecular weight excluding hydrogens is 242 g/mol. The molecule has 1 amide bonds. The van der Waals surface area contributed by atoms with Gasteiger partial charge in [0.05, 0.1) is 7.11 Å². The van der Waals surface area contributed by atoms with Crippen molar-refractivity contribution in [2.75, 3.05) is 21.3 Å². The summed E-state index contributed by atoms with van der Waals surface area (Å²) < 4.78 is 10.8. The number of benzene rings is 1. The van der Waals surface area contributed by atoms with Gasteiger partial charge in [0.15, 0.2) is 0 Å². The molecule has 0 saturated heterocycles. The first-order valence-electron chi connectivity index (χ1n) is 6.60. The first kappa shape index (κ1) is 13.9. The zero-order valence-electron chi connectivity index (χ0n) is 11.7. The van der Waals surface area contributed by atoms with Gasteiger partial charge < -0.3 is 14.8 Å². The number of amides is 1. The van der Waals surface area contributed by atoms with Crippen molar-refractivity contribution in [3.8, 4) is 5.75 Å². The molecule has 1 aliphatic rings. The Balaban J connectivity index is 2.20. The molecule has 0 bridgehead atoms. The van der Waals surface area contributed by atoms with Gasteiger partial charge >= 0.3 is 0 Å². The quantitative estimate of drug-likeness (QED) is 0.897. The van der Waals surface area contributed by atoms with E-state index >= 15 is 0 Å². The number of carbonyl (C=O) groups excluding carboxylic acids is 1. The highest BCUT2D eigenvalue weighted by molar-refractivity contribution is 5.80. The molecule has 2 rings (SSSR count). The van der Waals surface area contributed by atoms with Crippen LogP contribution in [0.4, 0.5) is 0 Å². The predicted octanol–water partition coefficient (Wildman–Crippen LogP) is 1.56. The van der Waals surface area contributed by atoms with Crippen molar-refractivity contribution in [1.82, 2.24) is 5.32 Å². The van der Waals surface area contributed by atoms with E-state index in [9.17, 15) is 4.79 Å². The molecule has 19 heavy (non-hydrogen) atoms. The van der Waals surface area contributed by atoms with Gasteiger partial charge in [0, 0.05) is 14.2 Å². The van der Waals surface area contributed by atoms with Crippen molar-refractivity contribution < 1.29 is 14.3 Å². The SMILES string of the molecule is CNC(=O)C(OC)C1CCc2c(cccc2OC)C1. The lowest BCUT2D eigenvalue weighted by molar-refractivity contribution is -0.134. The summed E-state index contributed by atoms with van der Waals surface area (Å²) in [6.45, 7) is 0. The predicted molar refractivity (Wildman–Crippen MR) is 73.4 cm³/mol. The van der Waals surface area contributed by atoms with Crippen LogP contribution in [0.25, 0.3) is 0 Å². The smallest absolute Gasteiger partial charge is 0.249 e. The van der Waals surface area contributed by atoms with E-state index in [4.69, 9.17) is 9.47 Å². The number of likely N-dealkylation sites (N-methyl/N-ethyl adjacent to an activating group) is 1. The molecule has 0 aliphatic heterocycles. The molecule has 2 atom stereocenters. The summed E-state index contributed by atoms with van der Waals surface area (Å²) in [5.41, 5.74) is 2.54. The Labute approximate surface area is 114 Å². The minimum atomic E-state index is -0.371. The molecule has 1 aromatic carbocycles. The van der Waals surface area contributed by atoms with E-state index in [1.54, 1.807) is 21.3 Å². The highest BCUT2D eigenvalue weighted by atomic mass is 16.5. The molecule has 0 heterocycles. The normalized spacial score (nSPS) is 19.4. The molecule has 0 fully saturated rings. The first-order valence-corrected chi connectivity index (χ1v) is 6.60. The first-order chi connectivity index (χ1) is 9.21. The molecule has 4 heteroatoms. The summed E-state index contributed by atoms with van der Waals surface area (Å²) in [6.07, 6.45) is 2.36. The zero-order chi connectivity index (χ0) is 13.8. The minimum Gasteiger partial charge on any atom is -0.496 e. The highest BCUT2D eigenvalue weighted by Crippen LogP contribution is 2.33. The maximum absolute atomic E-state index is 11.8. The summed E-state index contributed by atoms with van der Waals surface area (Å²) in [5, 5.41) is 2.67. The molecule has 0 radical (unpaired) electrons. The number of carbonyl (C=O) groups is 1. The second-order valence-corrected chi connectivity index (χ2v) is 4.87. The van der Waals surface area contributed by atoms with Crippen LogP contribution in [0.3, 0.4) is 0 Å². The topological polar surface area (TPSA) is 47.6 Å². The fourth-order valence-electron chi connectivity index (χ4n) is 2.91. The van der Waals surface area contributed by atoms with Gasteiger partial charge in [-0.2, -0.15) is 0 Å². The zero-order valence-corrected chi connectivity index (χ0v) is 11.7. The van der Waals surface area contributed by atoms with Crippen molar-refractivity contribution in [3.05, 3.63) is 29.3 Å². The summed E-state index contributed by atoms with van der Waals surface area (Å²) >= 11 is 0. The van der Waals surface area contributed by atoms with Gasteiger partial charge in [0.25, 0.3) is 0 Å². The number of fused-ring (bicyclic) bond motifs is 1. The van der Waals surface area contributed by atoms with Crippen molar-refractivity contribution in [2.45, 2.75) is 25.4 Å². The molecule has 0 spiro atoms. The van der Waals surface area contributed by atoms with E-state index in [0.29, 0.717) is 0 Å². The number of rotatable bonds is 4. The molecular formula is C15H21NO3. The Morgan fingerprint density at radius 3 is 2.84 bits per heavy atom. The third-order valence-corrected chi connectivity index (χ3v) is 3.88. The summed E-state index contributed by atoms with van der Waals surface area (Å²) in [7, 11) is 4.94. The van der Waals surface area contributed by atoms with Crippen LogP contribution in [0.2, 0.25) is 0 Å². The van der Waals surface area contributed by atoms with Crippen molar-refractivity contribution in [3.63, 3.8) is 0 Å². The van der Waals surface area contributed by atoms with Gasteiger partial charge in [-0.1, -0.05) is 12.1 Å². The molecule has 2 unspecified atom stereocenters. The van der Waals surface area contributed by atoms with Gasteiger partial charge in [-0.25, -0.2) is 0 Å². The van der Waals surface area contributed by atoms with Crippen molar-refractivity contribution in [1.29, 1.82) is 0 Å². The molecule has 1 aromatic rings. The van der Waals surface area contributed by atoms with Crippen molar-refractivity contribution >= 4 is 5.91 Å². The molecule has 1 N–H and O–H groups in total. The van der Waals surface area contributed by atoms with E-state index in [-0.39, 0.29) is 17.9 Å². The summed E-state index contributed by atoms with van der Waals surface area (Å²) in [4.78, 5) is 11.8. The number of hydrogen-bond acceptors (Lipinski definition) is 3. The average Bonchev–Trinajstić information content (AvgIpc) is 2.46. The van der Waals surface area contributed by atoms with Crippen LogP contribution in [0, 0.1) is 5.92 Å². The maximum atomic E-state index is 11.8. The third-order valence-electron chi connectivity index (χ3n) is 3.88. The van der Waals surface area contributed by atoms with E-state index in [1.807, 2.05) is 12.1 Å². The van der Waals surface area contributed by atoms with Gasteiger partial charge in [-0.15, -0.1) is 0 Å². The van der Waals surface area contributed by atoms with E-state index in [0.717, 1.165) is 25.0 Å². The van der Waals surface area contributed by atoms with E-state index < -0.39 is 0 Å². The molecule has 0 saturated carbocycles. The fourth-order valence-corrected chi connectivity index (χ4v) is 2.91.